The van der Waals surface area contributed by atoms with Crippen LogP contribution >= 0.6 is 0 Å². The molecule has 12 heteroatoms. The van der Waals surface area contributed by atoms with Gasteiger partial charge in [0.05, 0.1) is 61.6 Å². The lowest BCUT2D eigenvalue weighted by Gasteiger charge is -2.40. The Bertz CT molecular complexity index is 1840. The Balaban J connectivity index is 1.01. The van der Waals surface area contributed by atoms with Crippen molar-refractivity contribution in [3.05, 3.63) is 72.6 Å². The Morgan fingerprint density at radius 1 is 0.820 bits per heavy atom. The third-order valence-electron chi connectivity index (χ3n) is 10.3. The molecule has 262 valence electrons. The van der Waals surface area contributed by atoms with Gasteiger partial charge >= 0.3 is 6.09 Å². The van der Waals surface area contributed by atoms with Crippen molar-refractivity contribution in [2.45, 2.75) is 64.6 Å². The molecule has 3 saturated heterocycles. The number of ether oxygens (including phenoxy) is 2. The summed E-state index contributed by atoms with van der Waals surface area (Å²) >= 11 is 0. The first-order chi connectivity index (χ1) is 24.1. The molecule has 7 rings (SSSR count). The smallest absolute Gasteiger partial charge is 0.407 e. The molecule has 4 aromatic rings. The number of nitrogens with zero attached hydrogens (tertiary/aromatic N) is 4. The number of nitrogens with one attached hydrogen (secondary N) is 3. The van der Waals surface area contributed by atoms with Crippen LogP contribution in [0.1, 0.15) is 70.2 Å². The number of carbonyl (C=O) groups is 3. The Morgan fingerprint density at radius 2 is 1.30 bits per heavy atom. The SMILES string of the molecule is COC(=O)N[C@H](C(=O)N1CCC[C@H]1c1ncc(-c2ccc(-c3ccc(-c4cnc([C@@H]5CCCN5C(=O)C5(C)COC5)[nH]4)cc3)cc2)[nH]1)C(C)C. The maximum atomic E-state index is 13.5. The van der Waals surface area contributed by atoms with Gasteiger partial charge in [-0.3, -0.25) is 9.59 Å². The fourth-order valence-corrected chi connectivity index (χ4v) is 7.36. The molecule has 0 unspecified atom stereocenters. The zero-order chi connectivity index (χ0) is 35.0. The van der Waals surface area contributed by atoms with E-state index in [1.807, 2.05) is 43.0 Å². The zero-order valence-electron chi connectivity index (χ0n) is 29.1. The molecule has 0 spiro atoms. The van der Waals surface area contributed by atoms with Gasteiger partial charge in [-0.2, -0.15) is 0 Å². The number of methoxy groups -OCH3 is 1. The van der Waals surface area contributed by atoms with Crippen LogP contribution in [-0.4, -0.2) is 87.1 Å². The number of H-pyrrole nitrogens is 2. The van der Waals surface area contributed by atoms with E-state index >= 15 is 0 Å². The Hall–Kier alpha value is -4.97. The first-order valence-electron chi connectivity index (χ1n) is 17.5. The summed E-state index contributed by atoms with van der Waals surface area (Å²) < 4.78 is 10.1. The molecular formula is C38H45N7O5. The number of rotatable bonds is 9. The summed E-state index contributed by atoms with van der Waals surface area (Å²) in [5.41, 5.74) is 5.59. The second-order valence-corrected chi connectivity index (χ2v) is 14.3. The molecule has 0 aliphatic carbocycles. The van der Waals surface area contributed by atoms with E-state index in [9.17, 15) is 14.4 Å². The van der Waals surface area contributed by atoms with Gasteiger partial charge in [-0.1, -0.05) is 62.4 Å². The zero-order valence-corrected chi connectivity index (χ0v) is 29.1. The van der Waals surface area contributed by atoms with Crippen LogP contribution in [-0.2, 0) is 19.1 Å². The number of carbonyl (C=O) groups excluding carboxylic acids is 3. The average molecular weight is 680 g/mol. The van der Waals surface area contributed by atoms with Gasteiger partial charge in [0.25, 0.3) is 0 Å². The number of hydrogen-bond acceptors (Lipinski definition) is 7. The van der Waals surface area contributed by atoms with Crippen LogP contribution in [0.15, 0.2) is 60.9 Å². The molecule has 3 atom stereocenters. The molecule has 12 nitrogen and oxygen atoms in total. The van der Waals surface area contributed by atoms with Crippen LogP contribution in [0, 0.1) is 11.3 Å². The summed E-state index contributed by atoms with van der Waals surface area (Å²) in [6.45, 7) is 8.13. The number of likely N-dealkylation sites (tertiary alicyclic amines) is 2. The standard InChI is InChI=1S/C38H45N7O5/c1-23(2)32(43-37(48)49-4)35(46)44-17-5-7-30(44)33-39-19-28(41-33)26-13-9-24(10-14-26)25-11-15-27(16-12-25)29-20-40-34(42-29)31-8-6-18-45(31)36(47)38(3)21-50-22-38/h9-16,19-20,23,30-32H,5-8,17-18,21-22H2,1-4H3,(H,39,41)(H,40,42)(H,43,48)/t30-,31-,32-/m0/s1. The molecule has 2 aromatic carbocycles. The van der Waals surface area contributed by atoms with Crippen LogP contribution in [0.25, 0.3) is 33.6 Å². The largest absolute Gasteiger partial charge is 0.453 e. The second kappa shape index (κ2) is 13.7. The van der Waals surface area contributed by atoms with Crippen molar-refractivity contribution < 1.29 is 23.9 Å². The molecule has 50 heavy (non-hydrogen) atoms. The molecule has 3 N–H and O–H groups in total. The predicted octanol–water partition coefficient (Wildman–Crippen LogP) is 5.88. The molecular weight excluding hydrogens is 634 g/mol. The van der Waals surface area contributed by atoms with Gasteiger partial charge < -0.3 is 34.6 Å². The summed E-state index contributed by atoms with van der Waals surface area (Å²) in [5.74, 6) is 1.51. The lowest BCUT2D eigenvalue weighted by Crippen LogP contribution is -2.53. The van der Waals surface area contributed by atoms with E-state index in [4.69, 9.17) is 14.5 Å². The Labute approximate surface area is 292 Å². The van der Waals surface area contributed by atoms with E-state index in [-0.39, 0.29) is 29.8 Å². The number of aromatic amines is 2. The first-order valence-corrected chi connectivity index (χ1v) is 17.5. The Kier molecular flexibility index (Phi) is 9.21. The van der Waals surface area contributed by atoms with Gasteiger partial charge in [-0.05, 0) is 60.8 Å². The Morgan fingerprint density at radius 3 is 1.76 bits per heavy atom. The summed E-state index contributed by atoms with van der Waals surface area (Å²) in [4.78, 5) is 58.7. The number of alkyl carbamates (subject to hydrolysis) is 1. The minimum absolute atomic E-state index is 0.0374. The maximum absolute atomic E-state index is 13.5. The normalized spacial score (nSPS) is 20.5. The highest BCUT2D eigenvalue weighted by molar-refractivity contribution is 5.86. The molecule has 5 heterocycles. The van der Waals surface area contributed by atoms with E-state index < -0.39 is 17.6 Å². The van der Waals surface area contributed by atoms with Gasteiger partial charge in [0, 0.05) is 13.1 Å². The monoisotopic (exact) mass is 679 g/mol. The van der Waals surface area contributed by atoms with Gasteiger partial charge in [-0.25, -0.2) is 14.8 Å². The summed E-state index contributed by atoms with van der Waals surface area (Å²) in [6, 6.07) is 15.8. The topological polar surface area (TPSA) is 146 Å². The van der Waals surface area contributed by atoms with Crippen molar-refractivity contribution in [1.82, 2.24) is 35.1 Å². The number of hydrogen-bond donors (Lipinski definition) is 3. The highest BCUT2D eigenvalue weighted by Crippen LogP contribution is 2.38. The van der Waals surface area contributed by atoms with Gasteiger partial charge in [0.15, 0.2) is 0 Å². The van der Waals surface area contributed by atoms with E-state index in [0.717, 1.165) is 77.5 Å². The van der Waals surface area contributed by atoms with E-state index in [0.29, 0.717) is 19.8 Å². The lowest BCUT2D eigenvalue weighted by molar-refractivity contribution is -0.169. The van der Waals surface area contributed by atoms with Crippen molar-refractivity contribution >= 4 is 17.9 Å². The highest BCUT2D eigenvalue weighted by atomic mass is 16.5. The molecule has 3 aliphatic rings. The molecule has 0 radical (unpaired) electrons. The van der Waals surface area contributed by atoms with Gasteiger partial charge in [0.2, 0.25) is 11.8 Å². The average Bonchev–Trinajstić information content (AvgIpc) is 3.95. The third-order valence-corrected chi connectivity index (χ3v) is 10.3. The van der Waals surface area contributed by atoms with Crippen molar-refractivity contribution in [2.75, 3.05) is 33.4 Å². The minimum Gasteiger partial charge on any atom is -0.453 e. The van der Waals surface area contributed by atoms with Crippen LogP contribution in [0.3, 0.4) is 0 Å². The maximum Gasteiger partial charge on any atom is 0.407 e. The molecule has 3 fully saturated rings. The number of aromatic nitrogens is 4. The second-order valence-electron chi connectivity index (χ2n) is 14.3. The van der Waals surface area contributed by atoms with Crippen molar-refractivity contribution in [1.29, 1.82) is 0 Å². The van der Waals surface area contributed by atoms with E-state index in [1.165, 1.54) is 7.11 Å². The first kappa shape index (κ1) is 33.5. The minimum atomic E-state index is -0.674. The fraction of sp³-hybridized carbons (Fsp3) is 0.447. The molecule has 3 amide bonds. The molecule has 3 aliphatic heterocycles. The van der Waals surface area contributed by atoms with Gasteiger partial charge in [0.1, 0.15) is 17.7 Å². The molecule has 0 bridgehead atoms. The third kappa shape index (κ3) is 6.39. The van der Waals surface area contributed by atoms with Crippen LogP contribution in [0.2, 0.25) is 0 Å². The van der Waals surface area contributed by atoms with Crippen molar-refractivity contribution in [3.63, 3.8) is 0 Å². The predicted molar refractivity (Wildman–Crippen MR) is 188 cm³/mol. The number of benzene rings is 2. The van der Waals surface area contributed by atoms with Gasteiger partial charge in [-0.15, -0.1) is 0 Å². The van der Waals surface area contributed by atoms with E-state index in [1.54, 1.807) is 0 Å². The van der Waals surface area contributed by atoms with Crippen LogP contribution in [0.5, 0.6) is 0 Å². The number of imidazole rings is 2. The number of amides is 3. The van der Waals surface area contributed by atoms with Crippen molar-refractivity contribution in [3.8, 4) is 33.6 Å². The molecule has 0 saturated carbocycles. The highest BCUT2D eigenvalue weighted by Gasteiger charge is 2.47. The summed E-state index contributed by atoms with van der Waals surface area (Å²) in [7, 11) is 1.29. The molecule has 2 aromatic heterocycles. The van der Waals surface area contributed by atoms with Crippen LogP contribution in [0.4, 0.5) is 4.79 Å². The quantitative estimate of drug-likeness (QED) is 0.200. The summed E-state index contributed by atoms with van der Waals surface area (Å²) in [6.07, 6.45) is 6.58. The van der Waals surface area contributed by atoms with Crippen molar-refractivity contribution in [2.24, 2.45) is 11.3 Å². The van der Waals surface area contributed by atoms with E-state index in [2.05, 4.69) is 68.8 Å². The summed E-state index contributed by atoms with van der Waals surface area (Å²) in [5, 5.41) is 2.70. The lowest BCUT2D eigenvalue weighted by atomic mass is 9.86. The fourth-order valence-electron chi connectivity index (χ4n) is 7.36. The van der Waals surface area contributed by atoms with Crippen LogP contribution < -0.4 is 5.32 Å².